The van der Waals surface area contributed by atoms with Crippen LogP contribution in [0.1, 0.15) is 11.1 Å². The number of ether oxygens (including phenoxy) is 1. The van der Waals surface area contributed by atoms with Crippen molar-refractivity contribution in [2.24, 2.45) is 15.6 Å². The molecule has 0 aromatic heterocycles. The Bertz CT molecular complexity index is 922. The first-order valence-corrected chi connectivity index (χ1v) is 9.87. The molecular formula is C22H25N5O2. The third kappa shape index (κ3) is 3.31. The number of phenolic OH excluding ortho intramolecular Hbond substituents is 1. The molecule has 4 aliphatic heterocycles. The predicted octanol–water partition coefficient (Wildman–Crippen LogP) is 2.03. The molecule has 2 aromatic carbocycles. The van der Waals surface area contributed by atoms with Crippen LogP contribution in [0.25, 0.3) is 0 Å². The molecule has 0 amide bonds. The van der Waals surface area contributed by atoms with Crippen molar-refractivity contribution < 1.29 is 9.84 Å². The van der Waals surface area contributed by atoms with Gasteiger partial charge in [0.05, 0.1) is 44.5 Å². The van der Waals surface area contributed by atoms with Gasteiger partial charge in [-0.15, -0.1) is 0 Å². The molecule has 150 valence electrons. The van der Waals surface area contributed by atoms with Crippen LogP contribution in [-0.4, -0.2) is 78.5 Å². The quantitative estimate of drug-likeness (QED) is 0.624. The molecule has 7 heteroatoms. The summed E-state index contributed by atoms with van der Waals surface area (Å²) in [7, 11) is 1.54. The van der Waals surface area contributed by atoms with Gasteiger partial charge in [-0.3, -0.25) is 14.7 Å². The molecule has 0 radical (unpaired) electrons. The maximum absolute atomic E-state index is 10.3. The van der Waals surface area contributed by atoms with Crippen LogP contribution in [0.4, 0.5) is 0 Å². The first kappa shape index (κ1) is 18.3. The van der Waals surface area contributed by atoms with Gasteiger partial charge in [-0.2, -0.15) is 10.2 Å². The van der Waals surface area contributed by atoms with Gasteiger partial charge in [-0.1, -0.05) is 36.4 Å². The number of aromatic hydroxyl groups is 1. The molecule has 4 heterocycles. The SMILES string of the molecule is COc1cccc(C=NN=C(c2ccccc2)C23CN4CN(CN(C4)C2)C3)c1O. The average molecular weight is 391 g/mol. The van der Waals surface area contributed by atoms with Crippen LogP contribution >= 0.6 is 0 Å². The Balaban J connectivity index is 1.52. The molecule has 4 aliphatic rings. The number of methoxy groups -OCH3 is 1. The molecule has 0 aliphatic carbocycles. The number of benzene rings is 2. The fourth-order valence-corrected chi connectivity index (χ4v) is 4.96. The number of rotatable bonds is 5. The zero-order valence-electron chi connectivity index (χ0n) is 16.5. The first-order chi connectivity index (χ1) is 14.2. The van der Waals surface area contributed by atoms with Gasteiger partial charge in [-0.05, 0) is 17.7 Å². The van der Waals surface area contributed by atoms with E-state index in [1.165, 1.54) is 7.11 Å². The first-order valence-electron chi connectivity index (χ1n) is 9.87. The summed E-state index contributed by atoms with van der Waals surface area (Å²) in [5.74, 6) is 0.504. The highest BCUT2D eigenvalue weighted by Gasteiger charge is 2.51. The highest BCUT2D eigenvalue weighted by molar-refractivity contribution is 6.05. The van der Waals surface area contributed by atoms with Crippen LogP contribution in [0.15, 0.2) is 58.7 Å². The van der Waals surface area contributed by atoms with Gasteiger partial charge in [0.15, 0.2) is 11.5 Å². The van der Waals surface area contributed by atoms with E-state index in [-0.39, 0.29) is 11.2 Å². The molecule has 29 heavy (non-hydrogen) atoms. The number of nitrogens with zero attached hydrogens (tertiary/aromatic N) is 5. The summed E-state index contributed by atoms with van der Waals surface area (Å²) in [6, 6.07) is 15.7. The van der Waals surface area contributed by atoms with Crippen molar-refractivity contribution in [3.05, 3.63) is 59.7 Å². The molecule has 7 nitrogen and oxygen atoms in total. The van der Waals surface area contributed by atoms with Crippen molar-refractivity contribution >= 4 is 11.9 Å². The van der Waals surface area contributed by atoms with Crippen molar-refractivity contribution in [1.29, 1.82) is 0 Å². The number of para-hydroxylation sites is 1. The second-order valence-corrected chi connectivity index (χ2v) is 8.15. The number of hydrogen-bond acceptors (Lipinski definition) is 7. The Morgan fingerprint density at radius 2 is 1.62 bits per heavy atom. The molecule has 4 bridgehead atoms. The van der Waals surface area contributed by atoms with Crippen LogP contribution in [0, 0.1) is 5.41 Å². The predicted molar refractivity (Wildman–Crippen MR) is 112 cm³/mol. The Morgan fingerprint density at radius 3 is 2.24 bits per heavy atom. The Hall–Kier alpha value is -2.74. The lowest BCUT2D eigenvalue weighted by molar-refractivity contribution is -0.149. The Kier molecular flexibility index (Phi) is 4.58. The third-order valence-corrected chi connectivity index (χ3v) is 5.93. The van der Waals surface area contributed by atoms with Gasteiger partial charge < -0.3 is 9.84 Å². The molecule has 0 saturated carbocycles. The number of hydrogen-bond donors (Lipinski definition) is 1. The lowest BCUT2D eigenvalue weighted by Crippen LogP contribution is -2.74. The zero-order valence-corrected chi connectivity index (χ0v) is 16.5. The van der Waals surface area contributed by atoms with Gasteiger partial charge >= 0.3 is 0 Å². The molecule has 4 saturated heterocycles. The summed E-state index contributed by atoms with van der Waals surface area (Å²) in [5, 5.41) is 19.4. The van der Waals surface area contributed by atoms with E-state index in [1.54, 1.807) is 18.3 Å². The molecule has 1 N–H and O–H groups in total. The summed E-state index contributed by atoms with van der Waals surface area (Å²) >= 11 is 0. The Labute approximate surface area is 170 Å². The minimum Gasteiger partial charge on any atom is -0.504 e. The largest absolute Gasteiger partial charge is 0.504 e. The summed E-state index contributed by atoms with van der Waals surface area (Å²) < 4.78 is 5.18. The fraction of sp³-hybridized carbons (Fsp3) is 0.364. The monoisotopic (exact) mass is 391 g/mol. The third-order valence-electron chi connectivity index (χ3n) is 5.93. The topological polar surface area (TPSA) is 63.9 Å². The second kappa shape index (κ2) is 7.26. The van der Waals surface area contributed by atoms with Gasteiger partial charge in [-0.25, -0.2) is 0 Å². The highest BCUT2D eigenvalue weighted by atomic mass is 16.5. The summed E-state index contributed by atoms with van der Waals surface area (Å²) in [4.78, 5) is 7.44. The lowest BCUT2D eigenvalue weighted by Gasteiger charge is -2.60. The normalized spacial score (nSPS) is 30.8. The Morgan fingerprint density at radius 1 is 0.966 bits per heavy atom. The molecule has 0 unspecified atom stereocenters. The molecule has 0 spiro atoms. The van der Waals surface area contributed by atoms with Crippen LogP contribution < -0.4 is 4.74 Å². The molecular weight excluding hydrogens is 366 g/mol. The van der Waals surface area contributed by atoms with Crippen molar-refractivity contribution in [3.8, 4) is 11.5 Å². The smallest absolute Gasteiger partial charge is 0.166 e. The van der Waals surface area contributed by atoms with Crippen LogP contribution in [0.3, 0.4) is 0 Å². The van der Waals surface area contributed by atoms with E-state index in [9.17, 15) is 5.11 Å². The lowest BCUT2D eigenvalue weighted by atomic mass is 9.74. The van der Waals surface area contributed by atoms with Gasteiger partial charge in [0.1, 0.15) is 0 Å². The van der Waals surface area contributed by atoms with E-state index >= 15 is 0 Å². The minimum absolute atomic E-state index is 0.0656. The van der Waals surface area contributed by atoms with E-state index in [2.05, 4.69) is 31.9 Å². The average Bonchev–Trinajstić information content (AvgIpc) is 2.72. The van der Waals surface area contributed by atoms with E-state index < -0.39 is 0 Å². The van der Waals surface area contributed by atoms with Gasteiger partial charge in [0.25, 0.3) is 0 Å². The van der Waals surface area contributed by atoms with Gasteiger partial charge in [0, 0.05) is 25.2 Å². The van der Waals surface area contributed by atoms with Crippen molar-refractivity contribution in [1.82, 2.24) is 14.7 Å². The molecule has 2 aromatic rings. The van der Waals surface area contributed by atoms with E-state index in [0.717, 1.165) is 50.9 Å². The van der Waals surface area contributed by atoms with E-state index in [0.29, 0.717) is 11.3 Å². The van der Waals surface area contributed by atoms with Crippen molar-refractivity contribution in [3.63, 3.8) is 0 Å². The standard InChI is InChI=1S/C22H25N5O2/c1-29-19-9-5-8-18(20(19)28)10-23-24-21(17-6-3-2-4-7-17)22-11-25-14-26(12-22)16-27(13-22)15-25/h2-10,28H,11-16H2,1H3. The summed E-state index contributed by atoms with van der Waals surface area (Å²) in [5.41, 5.74) is 2.63. The maximum atomic E-state index is 10.3. The highest BCUT2D eigenvalue weighted by Crippen LogP contribution is 2.38. The van der Waals surface area contributed by atoms with Crippen LogP contribution in [0.2, 0.25) is 0 Å². The summed E-state index contributed by atoms with van der Waals surface area (Å²) in [6.45, 7) is 6.07. The maximum Gasteiger partial charge on any atom is 0.166 e. The minimum atomic E-state index is -0.0656. The summed E-state index contributed by atoms with van der Waals surface area (Å²) in [6.07, 6.45) is 1.60. The fourth-order valence-electron chi connectivity index (χ4n) is 4.96. The number of phenols is 1. The molecule has 6 rings (SSSR count). The second-order valence-electron chi connectivity index (χ2n) is 8.15. The zero-order chi connectivity index (χ0) is 19.8. The van der Waals surface area contributed by atoms with E-state index in [4.69, 9.17) is 9.84 Å². The molecule has 0 atom stereocenters. The van der Waals surface area contributed by atoms with Crippen molar-refractivity contribution in [2.75, 3.05) is 46.8 Å². The van der Waals surface area contributed by atoms with Crippen LogP contribution in [-0.2, 0) is 0 Å². The van der Waals surface area contributed by atoms with Crippen LogP contribution in [0.5, 0.6) is 11.5 Å². The van der Waals surface area contributed by atoms with Crippen molar-refractivity contribution in [2.45, 2.75) is 0 Å². The van der Waals surface area contributed by atoms with Gasteiger partial charge in [0.2, 0.25) is 0 Å². The molecule has 4 fully saturated rings. The van der Waals surface area contributed by atoms with E-state index in [1.807, 2.05) is 24.3 Å².